The minimum absolute atomic E-state index is 0.119. The second kappa shape index (κ2) is 7.62. The molecule has 0 radical (unpaired) electrons. The summed E-state index contributed by atoms with van der Waals surface area (Å²) in [5.74, 6) is 0.275. The van der Waals surface area contributed by atoms with E-state index in [1.807, 2.05) is 11.9 Å². The summed E-state index contributed by atoms with van der Waals surface area (Å²) in [5, 5.41) is 3.26. The summed E-state index contributed by atoms with van der Waals surface area (Å²) in [6.45, 7) is 2.65. The van der Waals surface area contributed by atoms with Gasteiger partial charge in [0, 0.05) is 32.1 Å². The molecule has 5 heteroatoms. The topological polar surface area (TPSA) is 52.7 Å². The van der Waals surface area contributed by atoms with Gasteiger partial charge in [-0.25, -0.2) is 0 Å². The highest BCUT2D eigenvalue weighted by molar-refractivity contribution is 5.85. The molecule has 0 unspecified atom stereocenters. The van der Waals surface area contributed by atoms with Gasteiger partial charge in [-0.3, -0.25) is 9.59 Å². The number of rotatable bonds is 3. The van der Waals surface area contributed by atoms with Crippen LogP contribution in [0.25, 0.3) is 0 Å². The molecule has 2 amide bonds. The maximum absolute atomic E-state index is 12.3. The Bertz CT molecular complexity index is 338. The van der Waals surface area contributed by atoms with Crippen LogP contribution in [0, 0.1) is 0 Å². The van der Waals surface area contributed by atoms with Gasteiger partial charge in [-0.15, -0.1) is 0 Å². The number of nitrogens with zero attached hydrogens (tertiary/aromatic N) is 2. The monoisotopic (exact) mass is 281 g/mol. The molecule has 1 N–H and O–H groups in total. The molecule has 0 bridgehead atoms. The molecule has 0 aromatic rings. The van der Waals surface area contributed by atoms with Gasteiger partial charge in [-0.05, 0) is 32.7 Å². The lowest BCUT2D eigenvalue weighted by Crippen LogP contribution is -2.48. The van der Waals surface area contributed by atoms with Crippen molar-refractivity contribution in [3.63, 3.8) is 0 Å². The number of hydrogen-bond acceptors (Lipinski definition) is 3. The van der Waals surface area contributed by atoms with Gasteiger partial charge in [-0.2, -0.15) is 0 Å². The van der Waals surface area contributed by atoms with Crippen LogP contribution in [0.15, 0.2) is 0 Å². The van der Waals surface area contributed by atoms with E-state index in [0.717, 1.165) is 51.7 Å². The number of likely N-dealkylation sites (tertiary alicyclic amines) is 2. The van der Waals surface area contributed by atoms with Crippen molar-refractivity contribution >= 4 is 11.8 Å². The predicted molar refractivity (Wildman–Crippen MR) is 78.3 cm³/mol. The first-order valence-corrected chi connectivity index (χ1v) is 7.93. The maximum atomic E-state index is 12.3. The van der Waals surface area contributed by atoms with E-state index in [1.165, 1.54) is 6.42 Å². The Morgan fingerprint density at radius 2 is 1.85 bits per heavy atom. The minimum Gasteiger partial charge on any atom is -0.341 e. The molecule has 0 spiro atoms. The third-order valence-electron chi connectivity index (χ3n) is 4.50. The fourth-order valence-electron chi connectivity index (χ4n) is 3.06. The van der Waals surface area contributed by atoms with Crippen LogP contribution in [0.4, 0.5) is 0 Å². The van der Waals surface area contributed by atoms with Crippen LogP contribution < -0.4 is 5.32 Å². The molecule has 2 aliphatic heterocycles. The van der Waals surface area contributed by atoms with Crippen LogP contribution in [0.3, 0.4) is 0 Å². The van der Waals surface area contributed by atoms with Crippen molar-refractivity contribution in [2.45, 2.75) is 51.0 Å². The maximum Gasteiger partial charge on any atom is 0.242 e. The number of piperidine rings is 1. The first-order chi connectivity index (χ1) is 9.70. The Kier molecular flexibility index (Phi) is 5.83. The molecule has 5 nitrogen and oxygen atoms in total. The van der Waals surface area contributed by atoms with Crippen LogP contribution in [-0.2, 0) is 9.59 Å². The van der Waals surface area contributed by atoms with Gasteiger partial charge in [0.15, 0.2) is 0 Å². The highest BCUT2D eigenvalue weighted by Crippen LogP contribution is 2.14. The highest BCUT2D eigenvalue weighted by atomic mass is 16.2. The van der Waals surface area contributed by atoms with Gasteiger partial charge in [0.05, 0.1) is 6.54 Å². The quantitative estimate of drug-likeness (QED) is 0.839. The fraction of sp³-hybridized carbons (Fsp3) is 0.867. The lowest BCUT2D eigenvalue weighted by atomic mass is 10.1. The molecular weight excluding hydrogens is 254 g/mol. The predicted octanol–water partition coefficient (Wildman–Crippen LogP) is 0.989. The van der Waals surface area contributed by atoms with E-state index in [2.05, 4.69) is 5.32 Å². The normalized spacial score (nSPS) is 22.6. The molecule has 2 heterocycles. The summed E-state index contributed by atoms with van der Waals surface area (Å²) >= 11 is 0. The van der Waals surface area contributed by atoms with Gasteiger partial charge >= 0.3 is 0 Å². The van der Waals surface area contributed by atoms with Gasteiger partial charge in [0.25, 0.3) is 0 Å². The molecule has 20 heavy (non-hydrogen) atoms. The van der Waals surface area contributed by atoms with E-state index in [-0.39, 0.29) is 18.4 Å². The first-order valence-electron chi connectivity index (χ1n) is 7.93. The SMILES string of the molecule is CNC1CCN(C(=O)CN2CCCCCCC2=O)CC1. The standard InChI is InChI=1S/C15H27N3O2/c1-16-13-7-10-17(11-8-13)15(20)12-18-9-5-3-2-4-6-14(18)19/h13,16H,2-12H2,1H3. The minimum atomic E-state index is 0.119. The average Bonchev–Trinajstić information content (AvgIpc) is 2.47. The second-order valence-corrected chi connectivity index (χ2v) is 5.92. The molecular formula is C15H27N3O2. The molecule has 2 fully saturated rings. The van der Waals surface area contributed by atoms with E-state index >= 15 is 0 Å². The Hall–Kier alpha value is -1.10. The smallest absolute Gasteiger partial charge is 0.242 e. The van der Waals surface area contributed by atoms with E-state index in [4.69, 9.17) is 0 Å². The van der Waals surface area contributed by atoms with Crippen LogP contribution in [-0.4, -0.2) is 60.9 Å². The van der Waals surface area contributed by atoms with Crippen LogP contribution in [0.2, 0.25) is 0 Å². The highest BCUT2D eigenvalue weighted by Gasteiger charge is 2.25. The molecule has 114 valence electrons. The van der Waals surface area contributed by atoms with Gasteiger partial charge in [0.1, 0.15) is 0 Å². The summed E-state index contributed by atoms with van der Waals surface area (Å²) in [6.07, 6.45) is 6.94. The summed E-state index contributed by atoms with van der Waals surface area (Å²) in [7, 11) is 1.97. The Morgan fingerprint density at radius 1 is 1.15 bits per heavy atom. The zero-order chi connectivity index (χ0) is 14.4. The number of hydrogen-bond donors (Lipinski definition) is 1. The molecule has 0 saturated carbocycles. The largest absolute Gasteiger partial charge is 0.341 e. The fourth-order valence-corrected chi connectivity index (χ4v) is 3.06. The van der Waals surface area contributed by atoms with E-state index < -0.39 is 0 Å². The number of nitrogens with one attached hydrogen (secondary N) is 1. The zero-order valence-electron chi connectivity index (χ0n) is 12.6. The van der Waals surface area contributed by atoms with Gasteiger partial charge in [0.2, 0.25) is 11.8 Å². The van der Waals surface area contributed by atoms with Crippen molar-refractivity contribution in [3.05, 3.63) is 0 Å². The summed E-state index contributed by atoms with van der Waals surface area (Å²) < 4.78 is 0. The number of carbonyl (C=O) groups excluding carboxylic acids is 2. The van der Waals surface area contributed by atoms with Crippen LogP contribution in [0.1, 0.15) is 44.9 Å². The van der Waals surface area contributed by atoms with Crippen molar-refractivity contribution in [2.75, 3.05) is 33.2 Å². The average molecular weight is 281 g/mol. The Labute approximate surface area is 121 Å². The van der Waals surface area contributed by atoms with Gasteiger partial charge in [-0.1, -0.05) is 12.8 Å². The van der Waals surface area contributed by atoms with E-state index in [0.29, 0.717) is 12.5 Å². The lowest BCUT2D eigenvalue weighted by molar-refractivity contribution is -0.141. The summed E-state index contributed by atoms with van der Waals surface area (Å²) in [6, 6.07) is 0.530. The molecule has 0 aromatic heterocycles. The van der Waals surface area contributed by atoms with Crippen molar-refractivity contribution in [3.8, 4) is 0 Å². The Balaban J connectivity index is 1.82. The van der Waals surface area contributed by atoms with Crippen LogP contribution in [0.5, 0.6) is 0 Å². The molecule has 2 rings (SSSR count). The molecule has 2 aliphatic rings. The van der Waals surface area contributed by atoms with Crippen molar-refractivity contribution in [1.82, 2.24) is 15.1 Å². The second-order valence-electron chi connectivity index (χ2n) is 5.92. The van der Waals surface area contributed by atoms with E-state index in [1.54, 1.807) is 4.90 Å². The molecule has 0 aliphatic carbocycles. The third kappa shape index (κ3) is 4.20. The van der Waals surface area contributed by atoms with Crippen molar-refractivity contribution in [2.24, 2.45) is 0 Å². The Morgan fingerprint density at radius 3 is 2.55 bits per heavy atom. The van der Waals surface area contributed by atoms with Gasteiger partial charge < -0.3 is 15.1 Å². The summed E-state index contributed by atoms with van der Waals surface area (Å²) in [4.78, 5) is 28.0. The third-order valence-corrected chi connectivity index (χ3v) is 4.50. The number of amides is 2. The number of carbonyl (C=O) groups is 2. The summed E-state index contributed by atoms with van der Waals surface area (Å²) in [5.41, 5.74) is 0. The molecule has 2 saturated heterocycles. The van der Waals surface area contributed by atoms with Crippen LogP contribution >= 0.6 is 0 Å². The van der Waals surface area contributed by atoms with Crippen molar-refractivity contribution in [1.29, 1.82) is 0 Å². The zero-order valence-corrected chi connectivity index (χ0v) is 12.6. The molecule has 0 aromatic carbocycles. The first kappa shape index (κ1) is 15.3. The van der Waals surface area contributed by atoms with Crippen molar-refractivity contribution < 1.29 is 9.59 Å². The van der Waals surface area contributed by atoms with E-state index in [9.17, 15) is 9.59 Å². The lowest BCUT2D eigenvalue weighted by Gasteiger charge is -2.33. The molecule has 0 atom stereocenters.